The number of benzene rings is 9. The van der Waals surface area contributed by atoms with Gasteiger partial charge in [-0.2, -0.15) is 0 Å². The fourth-order valence-corrected chi connectivity index (χ4v) is 9.06. The number of hydrogen-bond donors (Lipinski definition) is 1. The van der Waals surface area contributed by atoms with Crippen LogP contribution in [0.3, 0.4) is 0 Å². The molecular weight excluding hydrogens is 824 g/mol. The maximum Gasteiger partial charge on any atom is 1.00 e. The van der Waals surface area contributed by atoms with E-state index in [0.717, 1.165) is 26.1 Å². The van der Waals surface area contributed by atoms with E-state index in [-0.39, 0.29) is 47.0 Å². The van der Waals surface area contributed by atoms with Crippen LogP contribution in [-0.2, 0) is 15.6 Å². The van der Waals surface area contributed by atoms with Crippen molar-refractivity contribution in [2.75, 3.05) is 19.8 Å². The Hall–Kier alpha value is -6.23. The number of ether oxygens (including phenoxy) is 1. The molecule has 9 aromatic carbocycles. The van der Waals surface area contributed by atoms with Crippen molar-refractivity contribution in [3.05, 3.63) is 329 Å². The topological polar surface area (TPSA) is 32.8 Å². The van der Waals surface area contributed by atoms with Crippen LogP contribution >= 0.6 is 0 Å². The third-order valence-electron chi connectivity index (χ3n) is 12.1. The Balaban J connectivity index is 0.000000160. The summed E-state index contributed by atoms with van der Waals surface area (Å²) in [6.45, 7) is 4.41. The van der Waals surface area contributed by atoms with E-state index in [9.17, 15) is 5.11 Å². The number of rotatable bonds is 13. The minimum atomic E-state index is -0.321. The zero-order chi connectivity index (χ0) is 45.5. The van der Waals surface area contributed by atoms with E-state index in [0.29, 0.717) is 6.42 Å². The second kappa shape index (κ2) is 26.8. The van der Waals surface area contributed by atoms with E-state index in [1.54, 1.807) is 0 Å². The van der Waals surface area contributed by atoms with E-state index < -0.39 is 0 Å². The second-order valence-electron chi connectivity index (χ2n) is 16.3. The Kier molecular flexibility index (Phi) is 20.1. The van der Waals surface area contributed by atoms with E-state index in [1.165, 1.54) is 56.0 Å². The van der Waals surface area contributed by atoms with E-state index in [4.69, 9.17) is 0 Å². The van der Waals surface area contributed by atoms with Crippen molar-refractivity contribution in [2.24, 2.45) is 0 Å². The van der Waals surface area contributed by atoms with E-state index in [1.807, 2.05) is 18.2 Å². The van der Waals surface area contributed by atoms with Crippen LogP contribution in [0.5, 0.6) is 0 Å². The summed E-state index contributed by atoms with van der Waals surface area (Å²) in [4.78, 5) is 0. The van der Waals surface area contributed by atoms with Gasteiger partial charge in [0.05, 0.1) is 13.2 Å². The van der Waals surface area contributed by atoms with Crippen LogP contribution in [0.15, 0.2) is 273 Å². The smallest absolute Gasteiger partial charge is 0.396 e. The fraction of sp³-hybridized carbons (Fsp3) is 0.141. The Labute approximate surface area is 422 Å². The average Bonchev–Trinajstić information content (AvgIpc) is 4.31. The quantitative estimate of drug-likeness (QED) is 0.0542. The minimum Gasteiger partial charge on any atom is -0.396 e. The predicted octanol–water partition coefficient (Wildman–Crippen LogP) is 12.0. The van der Waals surface area contributed by atoms with Crippen molar-refractivity contribution in [2.45, 2.75) is 37.0 Å². The number of aliphatic hydroxyl groups is 1. The molecule has 2 nitrogen and oxygen atoms in total. The molecule has 0 bridgehead atoms. The maximum atomic E-state index is 9.79. The average molecular weight is 885 g/mol. The van der Waals surface area contributed by atoms with Gasteiger partial charge in [-0.25, -0.2) is 0 Å². The molecule has 3 heteroatoms. The van der Waals surface area contributed by atoms with Gasteiger partial charge in [0.2, 0.25) is 0 Å². The molecule has 0 radical (unpaired) electrons. The molecule has 10 rings (SSSR count). The van der Waals surface area contributed by atoms with Crippen molar-refractivity contribution in [1.82, 2.24) is 0 Å². The molecule has 1 heterocycles. The molecule has 1 fully saturated rings. The van der Waals surface area contributed by atoms with Gasteiger partial charge >= 0.3 is 29.6 Å². The molecule has 0 atom stereocenters. The van der Waals surface area contributed by atoms with Crippen LogP contribution in [0, 0.1) is 5.92 Å². The molecule has 0 saturated carbocycles. The largest absolute Gasteiger partial charge is 1.00 e. The fourth-order valence-electron chi connectivity index (χ4n) is 9.06. The molecule has 1 N–H and O–H groups in total. The molecule has 9 aromatic rings. The molecule has 0 amide bonds. The van der Waals surface area contributed by atoms with Gasteiger partial charge in [-0.1, -0.05) is 309 Å². The maximum absolute atomic E-state index is 9.79. The van der Waals surface area contributed by atoms with Crippen LogP contribution in [0.2, 0.25) is 0 Å². The van der Waals surface area contributed by atoms with Gasteiger partial charge in [0.1, 0.15) is 0 Å². The normalized spacial score (nSPS) is 11.4. The van der Waals surface area contributed by atoms with Gasteiger partial charge in [-0.15, -0.1) is 0 Å². The zero-order valence-corrected chi connectivity index (χ0v) is 41.1. The van der Waals surface area contributed by atoms with E-state index in [2.05, 4.69) is 266 Å². The van der Waals surface area contributed by atoms with Crippen molar-refractivity contribution in [1.29, 1.82) is 0 Å². The number of aliphatic hydroxyl groups excluding tert-OH is 1. The summed E-state index contributed by atoms with van der Waals surface area (Å²) in [6, 6.07) is 95.7. The van der Waals surface area contributed by atoms with Crippen LogP contribution in [-0.4, -0.2) is 24.9 Å². The third kappa shape index (κ3) is 13.2. The minimum absolute atomic E-state index is 0. The summed E-state index contributed by atoms with van der Waals surface area (Å²) in [5.41, 5.74) is 11.1. The summed E-state index contributed by atoms with van der Waals surface area (Å²) in [7, 11) is 0. The summed E-state index contributed by atoms with van der Waals surface area (Å²) >= 11 is 0. The summed E-state index contributed by atoms with van der Waals surface area (Å²) in [5.74, 6) is 1.28. The van der Waals surface area contributed by atoms with Gasteiger partial charge in [-0.3, -0.25) is 0 Å². The molecule has 330 valence electrons. The molecule has 1 aliphatic heterocycles. The molecule has 0 aromatic heterocycles. The summed E-state index contributed by atoms with van der Waals surface area (Å²) in [6.07, 6.45) is 2.90. The summed E-state index contributed by atoms with van der Waals surface area (Å²) in [5, 5.41) is 9.79. The SMILES string of the molecule is C1CO1.CCCC(c1ccccc1)(c1ccccc1)c1ccccc1.OCCC(c1ccccc1)(c1ccccc1)c1ccccc1.[Na+].c1ccc([C-](c2ccccc2)c2ccccc2)cc1. The second-order valence-corrected chi connectivity index (χ2v) is 16.3. The predicted molar refractivity (Wildman–Crippen MR) is 276 cm³/mol. The van der Waals surface area contributed by atoms with Crippen molar-refractivity contribution in [3.63, 3.8) is 0 Å². The molecule has 0 aliphatic carbocycles. The molecule has 0 unspecified atom stereocenters. The van der Waals surface area contributed by atoms with Gasteiger partial charge in [0, 0.05) is 17.4 Å². The van der Waals surface area contributed by atoms with E-state index >= 15 is 0 Å². The molecule has 1 aliphatic rings. The Morgan fingerprint density at radius 2 is 0.537 bits per heavy atom. The first-order chi connectivity index (χ1) is 32.7. The first kappa shape index (κ1) is 50.2. The summed E-state index contributed by atoms with van der Waals surface area (Å²) < 4.78 is 4.50. The number of hydrogen-bond acceptors (Lipinski definition) is 2. The third-order valence-corrected chi connectivity index (χ3v) is 12.1. The van der Waals surface area contributed by atoms with Crippen LogP contribution in [0.1, 0.15) is 76.3 Å². The van der Waals surface area contributed by atoms with Crippen molar-refractivity contribution < 1.29 is 39.4 Å². The van der Waals surface area contributed by atoms with Crippen molar-refractivity contribution >= 4 is 0 Å². The monoisotopic (exact) mass is 884 g/mol. The molecule has 1 saturated heterocycles. The first-order valence-electron chi connectivity index (χ1n) is 23.3. The van der Waals surface area contributed by atoms with Gasteiger partial charge in [0.15, 0.2) is 0 Å². The van der Waals surface area contributed by atoms with Crippen LogP contribution < -0.4 is 29.6 Å². The number of epoxide rings is 1. The molecule has 0 spiro atoms. The Morgan fingerprint density at radius 3 is 0.716 bits per heavy atom. The van der Waals surface area contributed by atoms with Gasteiger partial charge in [0.25, 0.3) is 0 Å². The zero-order valence-electron chi connectivity index (χ0n) is 39.1. The van der Waals surface area contributed by atoms with Gasteiger partial charge < -0.3 is 9.84 Å². The Morgan fingerprint density at radius 1 is 0.343 bits per heavy atom. The standard InChI is InChI=1S/C22H22.C21H20O.C19H15.C2H4O.Na/c1-2-18-22(19-12-6-3-7-13-19,20-14-8-4-9-15-20)21-16-10-5-11-17-21;22-17-16-21(18-10-4-1-5-11-18,19-12-6-2-7-13-19)20-14-8-3-9-15-20;1-4-10-16(11-5-1)19(17-12-6-2-7-13-17)18-14-8-3-9-15-18;1-2-3-1;/h3-17H,2,18H2,1H3;1-15,22H,16-17H2;1-15H;1-2H2;/q;;-1;;+1. The van der Waals surface area contributed by atoms with Crippen LogP contribution in [0.25, 0.3) is 0 Å². The van der Waals surface area contributed by atoms with Gasteiger partial charge in [-0.05, 0) is 46.2 Å². The van der Waals surface area contributed by atoms with Crippen LogP contribution in [0.4, 0.5) is 0 Å². The first-order valence-corrected chi connectivity index (χ1v) is 23.3. The Bertz CT molecular complexity index is 2230. The molecular formula is C64H61NaO2. The van der Waals surface area contributed by atoms with Crippen molar-refractivity contribution in [3.8, 4) is 0 Å². The molecule has 67 heavy (non-hydrogen) atoms.